The van der Waals surface area contributed by atoms with Crippen molar-refractivity contribution < 1.29 is 4.74 Å². The number of piperidine rings is 1. The van der Waals surface area contributed by atoms with Gasteiger partial charge in [0.1, 0.15) is 5.75 Å². The number of aromatic amines is 1. The van der Waals surface area contributed by atoms with Crippen LogP contribution in [-0.4, -0.2) is 36.1 Å². The van der Waals surface area contributed by atoms with E-state index in [1.54, 1.807) is 6.20 Å². The Morgan fingerprint density at radius 3 is 2.77 bits per heavy atom. The highest BCUT2D eigenvalue weighted by Gasteiger charge is 2.09. The number of likely N-dealkylation sites (tertiary alicyclic amines) is 1. The van der Waals surface area contributed by atoms with E-state index in [1.807, 2.05) is 24.3 Å². The van der Waals surface area contributed by atoms with Crippen LogP contribution in [0.2, 0.25) is 0 Å². The van der Waals surface area contributed by atoms with Crippen molar-refractivity contribution in [1.82, 2.24) is 9.88 Å². The van der Waals surface area contributed by atoms with Gasteiger partial charge in [-0.3, -0.25) is 4.79 Å². The molecule has 1 saturated heterocycles. The summed E-state index contributed by atoms with van der Waals surface area (Å²) in [6.07, 6.45) is 7.98. The molecule has 0 unspecified atom stereocenters. The summed E-state index contributed by atoms with van der Waals surface area (Å²) < 4.78 is 5.89. The second-order valence-electron chi connectivity index (χ2n) is 5.98. The van der Waals surface area contributed by atoms with Crippen LogP contribution >= 0.6 is 0 Å². The van der Waals surface area contributed by atoms with Crippen molar-refractivity contribution in [1.29, 1.82) is 0 Å². The predicted octanol–water partition coefficient (Wildman–Crippen LogP) is 3.17. The molecule has 0 spiro atoms. The van der Waals surface area contributed by atoms with Crippen LogP contribution in [0.25, 0.3) is 10.8 Å². The molecule has 3 rings (SSSR count). The molecular weight excluding hydrogens is 276 g/mol. The van der Waals surface area contributed by atoms with E-state index in [0.29, 0.717) is 12.0 Å². The predicted molar refractivity (Wildman–Crippen MR) is 89.6 cm³/mol. The van der Waals surface area contributed by atoms with Gasteiger partial charge in [-0.25, -0.2) is 0 Å². The topological polar surface area (TPSA) is 45.3 Å². The minimum Gasteiger partial charge on any atom is -0.493 e. The second-order valence-corrected chi connectivity index (χ2v) is 5.98. The van der Waals surface area contributed by atoms with Gasteiger partial charge in [0.2, 0.25) is 0 Å². The van der Waals surface area contributed by atoms with Crippen molar-refractivity contribution >= 4 is 10.8 Å². The van der Waals surface area contributed by atoms with Gasteiger partial charge in [0.05, 0.1) is 12.0 Å². The van der Waals surface area contributed by atoms with Gasteiger partial charge < -0.3 is 14.6 Å². The highest BCUT2D eigenvalue weighted by molar-refractivity contribution is 5.87. The van der Waals surface area contributed by atoms with Gasteiger partial charge in [0, 0.05) is 11.6 Å². The average Bonchev–Trinajstić information content (AvgIpc) is 2.56. The number of nitrogens with one attached hydrogen (secondary N) is 1. The van der Waals surface area contributed by atoms with E-state index in [2.05, 4.69) is 9.88 Å². The molecule has 1 aliphatic heterocycles. The van der Waals surface area contributed by atoms with Gasteiger partial charge in [-0.05, 0) is 63.5 Å². The molecule has 0 amide bonds. The van der Waals surface area contributed by atoms with Crippen LogP contribution in [0, 0.1) is 0 Å². The lowest BCUT2D eigenvalue weighted by molar-refractivity contribution is 0.216. The number of hydrogen-bond donors (Lipinski definition) is 1. The van der Waals surface area contributed by atoms with Crippen LogP contribution in [-0.2, 0) is 0 Å². The number of rotatable bonds is 6. The Kier molecular flexibility index (Phi) is 5.11. The van der Waals surface area contributed by atoms with Crippen LogP contribution in [0.4, 0.5) is 0 Å². The summed E-state index contributed by atoms with van der Waals surface area (Å²) >= 11 is 0. The number of H-pyrrole nitrogens is 1. The molecule has 4 heteroatoms. The number of aromatic nitrogens is 1. The summed E-state index contributed by atoms with van der Waals surface area (Å²) in [6.45, 7) is 4.40. The van der Waals surface area contributed by atoms with Gasteiger partial charge in [-0.1, -0.05) is 12.5 Å². The zero-order valence-electron chi connectivity index (χ0n) is 13.0. The minimum atomic E-state index is -0.0620. The van der Waals surface area contributed by atoms with E-state index < -0.39 is 0 Å². The largest absolute Gasteiger partial charge is 0.493 e. The first-order valence-corrected chi connectivity index (χ1v) is 8.30. The van der Waals surface area contributed by atoms with Crippen molar-refractivity contribution in [3.05, 3.63) is 40.8 Å². The lowest BCUT2D eigenvalue weighted by atomic mass is 10.1. The molecule has 2 aromatic rings. The maximum atomic E-state index is 11.8. The monoisotopic (exact) mass is 300 g/mol. The van der Waals surface area contributed by atoms with Crippen molar-refractivity contribution in [3.63, 3.8) is 0 Å². The molecule has 0 radical (unpaired) electrons. The molecule has 0 aliphatic carbocycles. The minimum absolute atomic E-state index is 0.0620. The van der Waals surface area contributed by atoms with Gasteiger partial charge in [-0.15, -0.1) is 0 Å². The van der Waals surface area contributed by atoms with Crippen molar-refractivity contribution in [2.75, 3.05) is 26.2 Å². The van der Waals surface area contributed by atoms with E-state index in [1.165, 1.54) is 45.3 Å². The number of fused-ring (bicyclic) bond motifs is 1. The number of nitrogens with zero attached hydrogens (tertiary/aromatic N) is 1. The summed E-state index contributed by atoms with van der Waals surface area (Å²) in [6, 6.07) is 7.55. The summed E-state index contributed by atoms with van der Waals surface area (Å²) in [4.78, 5) is 17.0. The molecule has 4 nitrogen and oxygen atoms in total. The Labute approximate surface area is 131 Å². The maximum Gasteiger partial charge on any atom is 0.255 e. The Morgan fingerprint density at radius 2 is 1.91 bits per heavy atom. The quantitative estimate of drug-likeness (QED) is 0.833. The highest BCUT2D eigenvalue weighted by atomic mass is 16.5. The zero-order valence-corrected chi connectivity index (χ0v) is 13.0. The van der Waals surface area contributed by atoms with E-state index in [-0.39, 0.29) is 5.56 Å². The molecule has 1 aromatic carbocycles. The zero-order chi connectivity index (χ0) is 15.2. The van der Waals surface area contributed by atoms with Crippen LogP contribution in [0.5, 0.6) is 5.75 Å². The molecule has 1 N–H and O–H groups in total. The van der Waals surface area contributed by atoms with Gasteiger partial charge >= 0.3 is 0 Å². The Morgan fingerprint density at radius 1 is 1.05 bits per heavy atom. The number of benzene rings is 1. The number of unbranched alkanes of at least 4 members (excludes halogenated alkanes) is 1. The summed E-state index contributed by atoms with van der Waals surface area (Å²) in [7, 11) is 0. The Hall–Kier alpha value is -1.81. The van der Waals surface area contributed by atoms with Crippen LogP contribution < -0.4 is 10.3 Å². The first kappa shape index (κ1) is 15.1. The lowest BCUT2D eigenvalue weighted by Crippen LogP contribution is -2.30. The fraction of sp³-hybridized carbons (Fsp3) is 0.500. The van der Waals surface area contributed by atoms with Crippen LogP contribution in [0.3, 0.4) is 0 Å². The fourth-order valence-corrected chi connectivity index (χ4v) is 3.12. The van der Waals surface area contributed by atoms with E-state index in [9.17, 15) is 4.79 Å². The normalized spacial score (nSPS) is 16.0. The fourth-order valence-electron chi connectivity index (χ4n) is 3.12. The summed E-state index contributed by atoms with van der Waals surface area (Å²) in [5.74, 6) is 0.807. The van der Waals surface area contributed by atoms with Crippen molar-refractivity contribution in [2.24, 2.45) is 0 Å². The third-order valence-electron chi connectivity index (χ3n) is 4.35. The maximum absolute atomic E-state index is 11.8. The third kappa shape index (κ3) is 3.69. The summed E-state index contributed by atoms with van der Waals surface area (Å²) in [5, 5.41) is 1.58. The Bertz CT molecular complexity index is 659. The van der Waals surface area contributed by atoms with Crippen LogP contribution in [0.1, 0.15) is 32.1 Å². The number of ether oxygens (including phenoxy) is 1. The van der Waals surface area contributed by atoms with Crippen LogP contribution in [0.15, 0.2) is 35.3 Å². The Balaban J connectivity index is 1.49. The highest BCUT2D eigenvalue weighted by Crippen LogP contribution is 2.22. The SMILES string of the molecule is O=c1[nH]ccc2c(OCCCCN3CCCCC3)cccc12. The van der Waals surface area contributed by atoms with Crippen molar-refractivity contribution in [3.8, 4) is 5.75 Å². The summed E-state index contributed by atoms with van der Waals surface area (Å²) in [5.41, 5.74) is -0.0620. The standard InChI is InChI=1S/C18H24N2O2/c21-18-16-7-6-8-17(15(16)9-10-19-18)22-14-5-4-13-20-11-2-1-3-12-20/h6-10H,1-5,11-14H2,(H,19,21). The van der Waals surface area contributed by atoms with Gasteiger partial charge in [0.15, 0.2) is 0 Å². The second kappa shape index (κ2) is 7.45. The molecular formula is C18H24N2O2. The lowest BCUT2D eigenvalue weighted by Gasteiger charge is -2.26. The number of hydrogen-bond acceptors (Lipinski definition) is 3. The third-order valence-corrected chi connectivity index (χ3v) is 4.35. The molecule has 1 aromatic heterocycles. The van der Waals surface area contributed by atoms with E-state index >= 15 is 0 Å². The molecule has 1 fully saturated rings. The van der Waals surface area contributed by atoms with E-state index in [0.717, 1.165) is 17.6 Å². The molecule has 0 saturated carbocycles. The molecule has 118 valence electrons. The number of pyridine rings is 1. The first-order valence-electron chi connectivity index (χ1n) is 8.30. The molecule has 22 heavy (non-hydrogen) atoms. The average molecular weight is 300 g/mol. The first-order chi connectivity index (χ1) is 10.8. The molecule has 0 atom stereocenters. The molecule has 1 aliphatic rings. The van der Waals surface area contributed by atoms with E-state index in [4.69, 9.17) is 4.74 Å². The molecule has 2 heterocycles. The van der Waals surface area contributed by atoms with Crippen molar-refractivity contribution in [2.45, 2.75) is 32.1 Å². The smallest absolute Gasteiger partial charge is 0.255 e. The molecule has 0 bridgehead atoms. The van der Waals surface area contributed by atoms with Gasteiger partial charge in [-0.2, -0.15) is 0 Å². The van der Waals surface area contributed by atoms with Gasteiger partial charge in [0.25, 0.3) is 5.56 Å².